The largest absolute Gasteiger partial charge is 0.433 e. The van der Waals surface area contributed by atoms with Crippen molar-refractivity contribution in [1.29, 1.82) is 0 Å². The minimum Gasteiger partial charge on any atom is -0.287 e. The number of hydrogen-bond donors (Lipinski definition) is 0. The van der Waals surface area contributed by atoms with Crippen LogP contribution in [0.15, 0.2) is 30.6 Å². The van der Waals surface area contributed by atoms with Crippen molar-refractivity contribution in [2.24, 2.45) is 0 Å². The third-order valence-electron chi connectivity index (χ3n) is 4.54. The molecule has 1 fully saturated rings. The number of pyridine rings is 1. The first-order chi connectivity index (χ1) is 11.3. The lowest BCUT2D eigenvalue weighted by molar-refractivity contribution is -0.141. The molecule has 1 aliphatic heterocycles. The van der Waals surface area contributed by atoms with Crippen molar-refractivity contribution >= 4 is 0 Å². The van der Waals surface area contributed by atoms with Gasteiger partial charge in [-0.05, 0) is 57.0 Å². The number of nitrogens with zero attached hydrogens (tertiary/aromatic N) is 4. The van der Waals surface area contributed by atoms with Crippen molar-refractivity contribution in [3.8, 4) is 0 Å². The van der Waals surface area contributed by atoms with E-state index >= 15 is 0 Å². The molecular weight excluding hydrogens is 317 g/mol. The highest BCUT2D eigenvalue weighted by atomic mass is 19.4. The van der Waals surface area contributed by atoms with Crippen molar-refractivity contribution in [2.45, 2.75) is 44.9 Å². The summed E-state index contributed by atoms with van der Waals surface area (Å²) in [5, 5.41) is 0. The average molecular weight is 336 g/mol. The number of aromatic nitrogens is 3. The van der Waals surface area contributed by atoms with Crippen LogP contribution in [0.4, 0.5) is 13.2 Å². The maximum atomic E-state index is 13.1. The Labute approximate surface area is 138 Å². The fourth-order valence-electron chi connectivity index (χ4n) is 3.19. The molecule has 0 bridgehead atoms. The van der Waals surface area contributed by atoms with Gasteiger partial charge in [-0.2, -0.15) is 13.2 Å². The molecule has 0 amide bonds. The highest BCUT2D eigenvalue weighted by molar-refractivity contribution is 5.19. The van der Waals surface area contributed by atoms with E-state index < -0.39 is 17.4 Å². The van der Waals surface area contributed by atoms with Crippen molar-refractivity contribution < 1.29 is 13.2 Å². The number of hydrogen-bond acceptors (Lipinski definition) is 4. The lowest BCUT2D eigenvalue weighted by atomic mass is 9.96. The first-order valence-electron chi connectivity index (χ1n) is 7.86. The summed E-state index contributed by atoms with van der Waals surface area (Å²) >= 11 is 0. The molecule has 0 aromatic carbocycles. The van der Waals surface area contributed by atoms with Gasteiger partial charge in [0.2, 0.25) is 0 Å². The van der Waals surface area contributed by atoms with Gasteiger partial charge in [0.05, 0.1) is 5.54 Å². The van der Waals surface area contributed by atoms with Crippen LogP contribution < -0.4 is 0 Å². The van der Waals surface area contributed by atoms with Crippen LogP contribution in [0.2, 0.25) is 0 Å². The number of rotatable bonds is 3. The van der Waals surface area contributed by atoms with Gasteiger partial charge >= 0.3 is 6.18 Å². The first kappa shape index (κ1) is 16.8. The van der Waals surface area contributed by atoms with Crippen LogP contribution in [0.1, 0.15) is 42.5 Å². The van der Waals surface area contributed by atoms with Gasteiger partial charge < -0.3 is 0 Å². The molecule has 128 valence electrons. The fourth-order valence-corrected chi connectivity index (χ4v) is 3.19. The molecule has 1 aliphatic rings. The number of aryl methyl sites for hydroxylation is 1. The van der Waals surface area contributed by atoms with Gasteiger partial charge in [0.15, 0.2) is 0 Å². The highest BCUT2D eigenvalue weighted by Gasteiger charge is 2.42. The minimum atomic E-state index is -4.46. The monoisotopic (exact) mass is 336 g/mol. The van der Waals surface area contributed by atoms with E-state index in [1.54, 1.807) is 19.3 Å². The third kappa shape index (κ3) is 3.26. The Hall–Kier alpha value is -2.02. The summed E-state index contributed by atoms with van der Waals surface area (Å²) in [6.07, 6.45) is 0.605. The predicted octanol–water partition coefficient (Wildman–Crippen LogP) is 3.71. The lowest BCUT2D eigenvalue weighted by Crippen LogP contribution is -2.40. The number of likely N-dealkylation sites (tertiary alicyclic amines) is 1. The van der Waals surface area contributed by atoms with Gasteiger partial charge in [-0.3, -0.25) is 9.88 Å². The van der Waals surface area contributed by atoms with Gasteiger partial charge in [0, 0.05) is 24.6 Å². The summed E-state index contributed by atoms with van der Waals surface area (Å²) in [6.45, 7) is 4.94. The molecule has 3 rings (SSSR count). The molecule has 2 aromatic heterocycles. The van der Waals surface area contributed by atoms with Gasteiger partial charge in [-0.1, -0.05) is 0 Å². The van der Waals surface area contributed by atoms with Crippen LogP contribution in [0.3, 0.4) is 0 Å². The van der Waals surface area contributed by atoms with E-state index in [2.05, 4.69) is 19.9 Å². The summed E-state index contributed by atoms with van der Waals surface area (Å²) in [6, 6.07) is 4.82. The smallest absolute Gasteiger partial charge is 0.287 e. The average Bonchev–Trinajstić information content (AvgIpc) is 2.89. The molecule has 0 aliphatic carbocycles. The summed E-state index contributed by atoms with van der Waals surface area (Å²) in [5.41, 5.74) is -0.0666. The van der Waals surface area contributed by atoms with E-state index in [0.717, 1.165) is 31.0 Å². The molecule has 0 saturated carbocycles. The van der Waals surface area contributed by atoms with E-state index in [9.17, 15) is 13.2 Å². The van der Waals surface area contributed by atoms with Crippen LogP contribution in [0, 0.1) is 6.92 Å². The molecule has 1 atom stereocenters. The fraction of sp³-hybridized carbons (Fsp3) is 0.471. The molecule has 1 saturated heterocycles. The predicted molar refractivity (Wildman–Crippen MR) is 83.0 cm³/mol. The Morgan fingerprint density at radius 1 is 1.21 bits per heavy atom. The molecule has 3 heterocycles. The topological polar surface area (TPSA) is 41.9 Å². The third-order valence-corrected chi connectivity index (χ3v) is 4.54. The maximum absolute atomic E-state index is 13.1. The van der Waals surface area contributed by atoms with Crippen LogP contribution in [0.25, 0.3) is 0 Å². The van der Waals surface area contributed by atoms with Gasteiger partial charge in [0.25, 0.3) is 0 Å². The number of alkyl halides is 3. The second-order valence-corrected chi connectivity index (χ2v) is 6.37. The van der Waals surface area contributed by atoms with E-state index in [1.165, 1.54) is 0 Å². The molecule has 0 spiro atoms. The zero-order valence-corrected chi connectivity index (χ0v) is 13.6. The summed E-state index contributed by atoms with van der Waals surface area (Å²) < 4.78 is 39.3. The van der Waals surface area contributed by atoms with Gasteiger partial charge in [-0.25, -0.2) is 9.97 Å². The molecule has 0 radical (unpaired) electrons. The molecule has 0 N–H and O–H groups in total. The van der Waals surface area contributed by atoms with Crippen LogP contribution in [0.5, 0.6) is 0 Å². The van der Waals surface area contributed by atoms with Crippen molar-refractivity contribution in [2.75, 3.05) is 6.54 Å². The molecule has 0 unspecified atom stereocenters. The standard InChI is InChI=1S/C17H19F3N4/c1-12-10-14(17(18,19)20)23-15(22-12)16(2)6-3-9-24(16)11-13-4-7-21-8-5-13/h4-5,7-8,10H,3,6,9,11H2,1-2H3/t16-/m0/s1. The zero-order valence-electron chi connectivity index (χ0n) is 13.6. The molecule has 7 heteroatoms. The van der Waals surface area contributed by atoms with Crippen molar-refractivity contribution in [3.63, 3.8) is 0 Å². The van der Waals surface area contributed by atoms with Gasteiger partial charge in [-0.15, -0.1) is 0 Å². The Bertz CT molecular complexity index is 718. The van der Waals surface area contributed by atoms with Crippen molar-refractivity contribution in [3.05, 3.63) is 53.4 Å². The zero-order chi connectivity index (χ0) is 17.4. The normalized spacial score (nSPS) is 22.0. The van der Waals surface area contributed by atoms with Crippen molar-refractivity contribution in [1.82, 2.24) is 19.9 Å². The van der Waals surface area contributed by atoms with Crippen LogP contribution >= 0.6 is 0 Å². The lowest BCUT2D eigenvalue weighted by Gasteiger charge is -2.34. The molecule has 2 aromatic rings. The van der Waals surface area contributed by atoms with Crippen LogP contribution in [-0.4, -0.2) is 26.4 Å². The van der Waals surface area contributed by atoms with Crippen LogP contribution in [-0.2, 0) is 18.3 Å². The second-order valence-electron chi connectivity index (χ2n) is 6.37. The Kier molecular flexibility index (Phi) is 4.29. The first-order valence-corrected chi connectivity index (χ1v) is 7.86. The number of halogens is 3. The summed E-state index contributed by atoms with van der Waals surface area (Å²) in [4.78, 5) is 14.3. The molecule has 24 heavy (non-hydrogen) atoms. The molecular formula is C17H19F3N4. The highest BCUT2D eigenvalue weighted by Crippen LogP contribution is 2.39. The Morgan fingerprint density at radius 2 is 1.92 bits per heavy atom. The quantitative estimate of drug-likeness (QED) is 0.857. The maximum Gasteiger partial charge on any atom is 0.433 e. The SMILES string of the molecule is Cc1cc(C(F)(F)F)nc([C@]2(C)CCCN2Cc2ccncc2)n1. The van der Waals surface area contributed by atoms with E-state index in [4.69, 9.17) is 0 Å². The summed E-state index contributed by atoms with van der Waals surface area (Å²) in [7, 11) is 0. The van der Waals surface area contributed by atoms with E-state index in [1.807, 2.05) is 19.1 Å². The Morgan fingerprint density at radius 3 is 2.58 bits per heavy atom. The molecule has 4 nitrogen and oxygen atoms in total. The van der Waals surface area contributed by atoms with E-state index in [-0.39, 0.29) is 5.82 Å². The van der Waals surface area contributed by atoms with E-state index in [0.29, 0.717) is 12.2 Å². The van der Waals surface area contributed by atoms with Gasteiger partial charge in [0.1, 0.15) is 11.5 Å². The minimum absolute atomic E-state index is 0.251. The summed E-state index contributed by atoms with van der Waals surface area (Å²) in [5.74, 6) is 0.251. The Balaban J connectivity index is 1.95. The second kappa shape index (κ2) is 6.12.